The van der Waals surface area contributed by atoms with Crippen molar-refractivity contribution >= 4 is 22.5 Å². The van der Waals surface area contributed by atoms with E-state index in [0.29, 0.717) is 22.9 Å². The molecule has 2 aromatic heterocycles. The number of pyridine rings is 1. The van der Waals surface area contributed by atoms with Gasteiger partial charge in [0, 0.05) is 40.9 Å². The van der Waals surface area contributed by atoms with E-state index in [1.807, 2.05) is 30.3 Å². The number of rotatable bonds is 8. The standard InChI is InChI=1S/C24H22ClN3O4/c1-31-18-4-5-19-22(15-18)26-10-8-23(19)32-13-11-28-24(30)7-6-21(27-28)17-3-2-16(9-12-29)20(25)14-17/h2-8,10,14-15,29H,9,11-13H2,1H3. The Balaban J connectivity index is 1.50. The first-order chi connectivity index (χ1) is 15.6. The minimum atomic E-state index is -0.218. The second-order valence-electron chi connectivity index (χ2n) is 7.10. The lowest BCUT2D eigenvalue weighted by molar-refractivity contribution is 0.291. The summed E-state index contributed by atoms with van der Waals surface area (Å²) in [5.41, 5.74) is 2.83. The number of aliphatic hydroxyl groups is 1. The van der Waals surface area contributed by atoms with Crippen LogP contribution in [0.4, 0.5) is 0 Å². The summed E-state index contributed by atoms with van der Waals surface area (Å²) in [6.45, 7) is 0.573. The van der Waals surface area contributed by atoms with Crippen molar-refractivity contribution < 1.29 is 14.6 Å². The number of methoxy groups -OCH3 is 1. The molecule has 0 bridgehead atoms. The number of halogens is 1. The highest BCUT2D eigenvalue weighted by atomic mass is 35.5. The highest BCUT2D eigenvalue weighted by molar-refractivity contribution is 6.31. The maximum absolute atomic E-state index is 12.3. The van der Waals surface area contributed by atoms with Gasteiger partial charge in [0.05, 0.1) is 24.9 Å². The van der Waals surface area contributed by atoms with Crippen LogP contribution in [-0.4, -0.2) is 40.2 Å². The molecule has 2 heterocycles. The smallest absolute Gasteiger partial charge is 0.266 e. The minimum absolute atomic E-state index is 0.0303. The van der Waals surface area contributed by atoms with Gasteiger partial charge in [-0.2, -0.15) is 5.10 Å². The first kappa shape index (κ1) is 21.8. The van der Waals surface area contributed by atoms with Crippen molar-refractivity contribution in [2.45, 2.75) is 13.0 Å². The monoisotopic (exact) mass is 451 g/mol. The molecule has 0 amide bonds. The first-order valence-electron chi connectivity index (χ1n) is 10.1. The third-order valence-electron chi connectivity index (χ3n) is 5.07. The molecule has 7 nitrogen and oxygen atoms in total. The van der Waals surface area contributed by atoms with Gasteiger partial charge in [-0.15, -0.1) is 0 Å². The van der Waals surface area contributed by atoms with Crippen molar-refractivity contribution in [2.75, 3.05) is 20.3 Å². The van der Waals surface area contributed by atoms with Crippen molar-refractivity contribution in [3.63, 3.8) is 0 Å². The van der Waals surface area contributed by atoms with Gasteiger partial charge in [0.1, 0.15) is 18.1 Å². The fourth-order valence-electron chi connectivity index (χ4n) is 3.39. The predicted octanol–water partition coefficient (Wildman–Crippen LogP) is 3.73. The van der Waals surface area contributed by atoms with Crippen LogP contribution in [0.25, 0.3) is 22.2 Å². The Morgan fingerprint density at radius 1 is 1.09 bits per heavy atom. The average molecular weight is 452 g/mol. The Hall–Kier alpha value is -3.42. The van der Waals surface area contributed by atoms with Crippen molar-refractivity contribution in [3.8, 4) is 22.8 Å². The maximum Gasteiger partial charge on any atom is 0.266 e. The average Bonchev–Trinajstić information content (AvgIpc) is 2.81. The molecule has 1 N–H and O–H groups in total. The molecule has 164 valence electrons. The molecule has 0 radical (unpaired) electrons. The SMILES string of the molecule is COc1ccc2c(OCCn3nc(-c4ccc(CCO)c(Cl)c4)ccc3=O)ccnc2c1. The van der Waals surface area contributed by atoms with Gasteiger partial charge < -0.3 is 14.6 Å². The molecule has 0 atom stereocenters. The summed E-state index contributed by atoms with van der Waals surface area (Å²) in [5, 5.41) is 15.0. The number of hydrogen-bond donors (Lipinski definition) is 1. The topological polar surface area (TPSA) is 86.5 Å². The van der Waals surface area contributed by atoms with Crippen molar-refractivity contribution in [1.29, 1.82) is 0 Å². The second-order valence-corrected chi connectivity index (χ2v) is 7.51. The van der Waals surface area contributed by atoms with Gasteiger partial charge in [-0.05, 0) is 42.3 Å². The van der Waals surface area contributed by atoms with Crippen LogP contribution in [0.15, 0.2) is 65.6 Å². The van der Waals surface area contributed by atoms with Gasteiger partial charge in [-0.1, -0.05) is 23.7 Å². The van der Waals surface area contributed by atoms with Gasteiger partial charge >= 0.3 is 0 Å². The van der Waals surface area contributed by atoms with Crippen molar-refractivity contribution in [1.82, 2.24) is 14.8 Å². The Morgan fingerprint density at radius 2 is 1.97 bits per heavy atom. The highest BCUT2D eigenvalue weighted by Gasteiger charge is 2.09. The molecule has 0 unspecified atom stereocenters. The molecular weight excluding hydrogens is 430 g/mol. The minimum Gasteiger partial charge on any atom is -0.497 e. The fraction of sp³-hybridized carbons (Fsp3) is 0.208. The third-order valence-corrected chi connectivity index (χ3v) is 5.42. The normalized spacial score (nSPS) is 11.0. The highest BCUT2D eigenvalue weighted by Crippen LogP contribution is 2.27. The van der Waals surface area contributed by atoms with Crippen LogP contribution in [0.2, 0.25) is 5.02 Å². The fourth-order valence-corrected chi connectivity index (χ4v) is 3.66. The van der Waals surface area contributed by atoms with Gasteiger partial charge in [0.25, 0.3) is 5.56 Å². The Kier molecular flexibility index (Phi) is 6.68. The molecule has 8 heteroatoms. The Morgan fingerprint density at radius 3 is 2.75 bits per heavy atom. The number of benzene rings is 2. The summed E-state index contributed by atoms with van der Waals surface area (Å²) >= 11 is 6.31. The van der Waals surface area contributed by atoms with Crippen LogP contribution < -0.4 is 15.0 Å². The number of aliphatic hydroxyl groups excluding tert-OH is 1. The van der Waals surface area contributed by atoms with E-state index in [4.69, 9.17) is 26.2 Å². The van der Waals surface area contributed by atoms with Crippen LogP contribution in [0.1, 0.15) is 5.56 Å². The van der Waals surface area contributed by atoms with Gasteiger partial charge in [0.2, 0.25) is 0 Å². The number of fused-ring (bicyclic) bond motifs is 1. The van der Waals surface area contributed by atoms with Crippen molar-refractivity contribution in [2.24, 2.45) is 0 Å². The molecule has 0 saturated carbocycles. The van der Waals surface area contributed by atoms with Gasteiger partial charge in [0.15, 0.2) is 0 Å². The molecule has 0 saturated heterocycles. The second kappa shape index (κ2) is 9.80. The zero-order valence-corrected chi connectivity index (χ0v) is 18.2. The molecule has 0 aliphatic carbocycles. The molecule has 4 rings (SSSR count). The zero-order valence-electron chi connectivity index (χ0n) is 17.5. The van der Waals surface area contributed by atoms with Crippen LogP contribution in [-0.2, 0) is 13.0 Å². The molecule has 4 aromatic rings. The number of nitrogens with zero attached hydrogens (tertiary/aromatic N) is 3. The van der Waals surface area contributed by atoms with Crippen LogP contribution >= 0.6 is 11.6 Å². The van der Waals surface area contributed by atoms with E-state index in [1.54, 1.807) is 31.5 Å². The quantitative estimate of drug-likeness (QED) is 0.439. The molecule has 0 fully saturated rings. The predicted molar refractivity (Wildman–Crippen MR) is 124 cm³/mol. The van der Waals surface area contributed by atoms with Crippen LogP contribution in [0.3, 0.4) is 0 Å². The van der Waals surface area contributed by atoms with E-state index in [-0.39, 0.29) is 25.3 Å². The number of hydrogen-bond acceptors (Lipinski definition) is 6. The molecule has 32 heavy (non-hydrogen) atoms. The van der Waals surface area contributed by atoms with E-state index in [1.165, 1.54) is 10.7 Å². The molecular formula is C24H22ClN3O4. The van der Waals surface area contributed by atoms with E-state index in [0.717, 1.165) is 27.8 Å². The lowest BCUT2D eigenvalue weighted by Gasteiger charge is -2.11. The van der Waals surface area contributed by atoms with E-state index in [9.17, 15) is 4.79 Å². The van der Waals surface area contributed by atoms with Crippen LogP contribution in [0, 0.1) is 0 Å². The van der Waals surface area contributed by atoms with E-state index in [2.05, 4.69) is 10.1 Å². The summed E-state index contributed by atoms with van der Waals surface area (Å²) in [7, 11) is 1.61. The third kappa shape index (κ3) is 4.74. The summed E-state index contributed by atoms with van der Waals surface area (Å²) in [5.74, 6) is 1.40. The Bertz CT molecular complexity index is 1310. The maximum atomic E-state index is 12.3. The van der Waals surface area contributed by atoms with E-state index < -0.39 is 0 Å². The summed E-state index contributed by atoms with van der Waals surface area (Å²) in [4.78, 5) is 16.7. The summed E-state index contributed by atoms with van der Waals surface area (Å²) < 4.78 is 12.5. The number of ether oxygens (including phenoxy) is 2. The zero-order chi connectivity index (χ0) is 22.5. The number of aromatic nitrogens is 3. The largest absolute Gasteiger partial charge is 0.497 e. The Labute approximate surface area is 189 Å². The van der Waals surface area contributed by atoms with E-state index >= 15 is 0 Å². The molecule has 0 aliphatic rings. The lowest BCUT2D eigenvalue weighted by atomic mass is 10.1. The molecule has 0 aliphatic heterocycles. The van der Waals surface area contributed by atoms with Gasteiger partial charge in [-0.25, -0.2) is 4.68 Å². The molecule has 2 aromatic carbocycles. The van der Waals surface area contributed by atoms with Gasteiger partial charge in [-0.3, -0.25) is 9.78 Å². The first-order valence-corrected chi connectivity index (χ1v) is 10.5. The summed E-state index contributed by atoms with van der Waals surface area (Å²) in [6.07, 6.45) is 2.16. The van der Waals surface area contributed by atoms with Crippen LogP contribution in [0.5, 0.6) is 11.5 Å². The molecule has 0 spiro atoms. The summed E-state index contributed by atoms with van der Waals surface area (Å²) in [6, 6.07) is 16.0. The lowest BCUT2D eigenvalue weighted by Crippen LogP contribution is -2.25. The van der Waals surface area contributed by atoms with Crippen molar-refractivity contribution in [3.05, 3.63) is 81.7 Å².